The summed E-state index contributed by atoms with van der Waals surface area (Å²) in [7, 11) is 3.16. The fourth-order valence-corrected chi connectivity index (χ4v) is 3.63. The molecule has 0 N–H and O–H groups in total. The standard InChI is InChI=1S/C21H18N2O3S2/c1-25-17-11-10-16(18(14-17)26-2)13-19-20(24)23(21(27)28-19)22-12-6-9-15-7-4-3-5-8-15/h3-14H,1-2H3/b9-6-,19-13+,22-12+. The van der Waals surface area contributed by atoms with Crippen molar-refractivity contribution in [3.8, 4) is 11.5 Å². The van der Waals surface area contributed by atoms with Crippen LogP contribution in [0.25, 0.3) is 12.2 Å². The van der Waals surface area contributed by atoms with Crippen LogP contribution < -0.4 is 9.47 Å². The van der Waals surface area contributed by atoms with Crippen LogP contribution in [0.2, 0.25) is 0 Å². The van der Waals surface area contributed by atoms with E-state index in [9.17, 15) is 4.79 Å². The summed E-state index contributed by atoms with van der Waals surface area (Å²) in [4.78, 5) is 13.1. The summed E-state index contributed by atoms with van der Waals surface area (Å²) in [5.41, 5.74) is 1.81. The summed E-state index contributed by atoms with van der Waals surface area (Å²) in [5, 5.41) is 5.40. The Morgan fingerprint density at radius 2 is 1.89 bits per heavy atom. The van der Waals surface area contributed by atoms with Gasteiger partial charge in [0.2, 0.25) is 0 Å². The van der Waals surface area contributed by atoms with Gasteiger partial charge in [-0.2, -0.15) is 10.1 Å². The lowest BCUT2D eigenvalue weighted by Gasteiger charge is -2.08. The van der Waals surface area contributed by atoms with E-state index in [1.165, 1.54) is 16.8 Å². The second kappa shape index (κ2) is 9.34. The van der Waals surface area contributed by atoms with Gasteiger partial charge in [-0.15, -0.1) is 0 Å². The van der Waals surface area contributed by atoms with E-state index in [0.29, 0.717) is 20.7 Å². The van der Waals surface area contributed by atoms with E-state index < -0.39 is 0 Å². The predicted octanol–water partition coefficient (Wildman–Crippen LogP) is 4.60. The van der Waals surface area contributed by atoms with Crippen LogP contribution in [0.3, 0.4) is 0 Å². The number of benzene rings is 2. The summed E-state index contributed by atoms with van der Waals surface area (Å²) in [6, 6.07) is 15.2. The van der Waals surface area contributed by atoms with Crippen LogP contribution >= 0.6 is 24.0 Å². The topological polar surface area (TPSA) is 51.1 Å². The van der Waals surface area contributed by atoms with Crippen LogP contribution in [-0.2, 0) is 4.79 Å². The molecule has 0 aromatic heterocycles. The number of methoxy groups -OCH3 is 2. The number of carbonyl (C=O) groups excluding carboxylic acids is 1. The average Bonchev–Trinajstić information content (AvgIpc) is 2.99. The van der Waals surface area contributed by atoms with E-state index in [0.717, 1.165) is 11.1 Å². The number of ether oxygens (including phenoxy) is 2. The first kappa shape index (κ1) is 19.9. The molecule has 5 nitrogen and oxygen atoms in total. The van der Waals surface area contributed by atoms with Crippen LogP contribution in [0.4, 0.5) is 0 Å². The lowest BCUT2D eigenvalue weighted by molar-refractivity contribution is -0.122. The molecular weight excluding hydrogens is 392 g/mol. The van der Waals surface area contributed by atoms with E-state index in [2.05, 4.69) is 5.10 Å². The molecule has 1 fully saturated rings. The number of hydrogen-bond donors (Lipinski definition) is 0. The largest absolute Gasteiger partial charge is 0.497 e. The number of thiocarbonyl (C=S) groups is 1. The molecule has 0 radical (unpaired) electrons. The Labute approximate surface area is 173 Å². The van der Waals surface area contributed by atoms with Gasteiger partial charge in [-0.05, 0) is 42.1 Å². The number of rotatable bonds is 6. The molecule has 1 amide bonds. The highest BCUT2D eigenvalue weighted by molar-refractivity contribution is 8.26. The van der Waals surface area contributed by atoms with Crippen molar-refractivity contribution in [3.63, 3.8) is 0 Å². The number of thioether (sulfide) groups is 1. The van der Waals surface area contributed by atoms with E-state index in [1.807, 2.05) is 48.5 Å². The normalized spacial score (nSPS) is 15.9. The van der Waals surface area contributed by atoms with Crippen molar-refractivity contribution < 1.29 is 14.3 Å². The van der Waals surface area contributed by atoms with E-state index in [4.69, 9.17) is 21.7 Å². The van der Waals surface area contributed by atoms with Gasteiger partial charge in [-0.3, -0.25) is 4.79 Å². The lowest BCUT2D eigenvalue weighted by Crippen LogP contribution is -2.21. The zero-order chi connectivity index (χ0) is 19.9. The molecule has 0 atom stereocenters. The Hall–Kier alpha value is -2.90. The van der Waals surface area contributed by atoms with Gasteiger partial charge in [-0.25, -0.2) is 0 Å². The SMILES string of the molecule is COc1ccc(/C=C2/SC(=S)N(/N=C/C=C\c3ccccc3)C2=O)c(OC)c1. The first-order chi connectivity index (χ1) is 13.6. The van der Waals surface area contributed by atoms with Crippen molar-refractivity contribution in [3.05, 3.63) is 70.6 Å². The minimum absolute atomic E-state index is 0.266. The molecule has 28 heavy (non-hydrogen) atoms. The monoisotopic (exact) mass is 410 g/mol. The Morgan fingerprint density at radius 1 is 1.11 bits per heavy atom. The quantitative estimate of drug-likeness (QED) is 0.396. The molecule has 0 saturated carbocycles. The zero-order valence-corrected chi connectivity index (χ0v) is 17.0. The highest BCUT2D eigenvalue weighted by atomic mass is 32.2. The molecule has 142 valence electrons. The van der Waals surface area contributed by atoms with Gasteiger partial charge in [0.1, 0.15) is 11.5 Å². The molecule has 2 aromatic carbocycles. The van der Waals surface area contributed by atoms with Gasteiger partial charge < -0.3 is 9.47 Å². The smallest absolute Gasteiger partial charge is 0.286 e. The van der Waals surface area contributed by atoms with Gasteiger partial charge in [0.05, 0.1) is 19.1 Å². The number of hydrogen-bond acceptors (Lipinski definition) is 6. The fraction of sp³-hybridized carbons (Fsp3) is 0.0952. The zero-order valence-electron chi connectivity index (χ0n) is 15.4. The maximum Gasteiger partial charge on any atom is 0.286 e. The first-order valence-electron chi connectivity index (χ1n) is 8.38. The van der Waals surface area contributed by atoms with Gasteiger partial charge in [0, 0.05) is 17.8 Å². The molecule has 0 spiro atoms. The van der Waals surface area contributed by atoms with Gasteiger partial charge >= 0.3 is 0 Å². The number of hydrazone groups is 1. The Kier molecular flexibility index (Phi) is 6.62. The summed E-state index contributed by atoms with van der Waals surface area (Å²) >= 11 is 6.50. The number of allylic oxidation sites excluding steroid dienone is 1. The third-order valence-electron chi connectivity index (χ3n) is 3.86. The maximum absolute atomic E-state index is 12.7. The third-order valence-corrected chi connectivity index (χ3v) is 5.14. The molecule has 0 aliphatic carbocycles. The number of carbonyl (C=O) groups is 1. The number of amides is 1. The molecule has 1 heterocycles. The number of nitrogens with zero attached hydrogens (tertiary/aromatic N) is 2. The van der Waals surface area contributed by atoms with E-state index in [1.54, 1.807) is 38.7 Å². The fourth-order valence-electron chi connectivity index (χ4n) is 2.46. The second-order valence-electron chi connectivity index (χ2n) is 5.64. The lowest BCUT2D eigenvalue weighted by atomic mass is 10.1. The molecule has 1 aliphatic heterocycles. The van der Waals surface area contributed by atoms with Crippen molar-refractivity contribution in [1.82, 2.24) is 5.01 Å². The van der Waals surface area contributed by atoms with Crippen LogP contribution in [0.1, 0.15) is 11.1 Å². The maximum atomic E-state index is 12.7. The highest BCUT2D eigenvalue weighted by Crippen LogP contribution is 2.35. The second-order valence-corrected chi connectivity index (χ2v) is 7.31. The van der Waals surface area contributed by atoms with Crippen molar-refractivity contribution >= 4 is 52.6 Å². The molecule has 0 bridgehead atoms. The summed E-state index contributed by atoms with van der Waals surface area (Å²) in [6.45, 7) is 0. The molecule has 1 saturated heterocycles. The Balaban J connectivity index is 1.75. The van der Waals surface area contributed by atoms with Crippen LogP contribution in [0.15, 0.2) is 64.6 Å². The highest BCUT2D eigenvalue weighted by Gasteiger charge is 2.32. The van der Waals surface area contributed by atoms with Crippen LogP contribution in [0, 0.1) is 0 Å². The molecule has 3 rings (SSSR count). The van der Waals surface area contributed by atoms with Crippen molar-refractivity contribution in [2.45, 2.75) is 0 Å². The van der Waals surface area contributed by atoms with Crippen molar-refractivity contribution in [2.24, 2.45) is 5.10 Å². The van der Waals surface area contributed by atoms with E-state index >= 15 is 0 Å². The van der Waals surface area contributed by atoms with Crippen molar-refractivity contribution in [1.29, 1.82) is 0 Å². The summed E-state index contributed by atoms with van der Waals surface area (Å²) < 4.78 is 11.0. The Bertz CT molecular complexity index is 969. The molecule has 0 unspecified atom stereocenters. The first-order valence-corrected chi connectivity index (χ1v) is 9.60. The van der Waals surface area contributed by atoms with Gasteiger partial charge in [-0.1, -0.05) is 48.2 Å². The summed E-state index contributed by atoms with van der Waals surface area (Å²) in [6.07, 6.45) is 6.96. The van der Waals surface area contributed by atoms with Crippen LogP contribution in [-0.4, -0.2) is 35.7 Å². The van der Waals surface area contributed by atoms with Gasteiger partial charge in [0.25, 0.3) is 5.91 Å². The predicted molar refractivity (Wildman–Crippen MR) is 119 cm³/mol. The minimum Gasteiger partial charge on any atom is -0.497 e. The van der Waals surface area contributed by atoms with Crippen molar-refractivity contribution in [2.75, 3.05) is 14.2 Å². The third kappa shape index (κ3) is 4.68. The molecule has 7 heteroatoms. The summed E-state index contributed by atoms with van der Waals surface area (Å²) in [5.74, 6) is 1.02. The Morgan fingerprint density at radius 3 is 2.61 bits per heavy atom. The molecule has 2 aromatic rings. The van der Waals surface area contributed by atoms with Gasteiger partial charge in [0.15, 0.2) is 4.32 Å². The molecular formula is C21H18N2O3S2. The van der Waals surface area contributed by atoms with E-state index in [-0.39, 0.29) is 5.91 Å². The molecule has 1 aliphatic rings. The van der Waals surface area contributed by atoms with Crippen LogP contribution in [0.5, 0.6) is 11.5 Å². The minimum atomic E-state index is -0.266. The average molecular weight is 411 g/mol.